The zero-order chi connectivity index (χ0) is 13.4. The number of hydrogen-bond donors (Lipinski definition) is 1. The Kier molecular flexibility index (Phi) is 3.43. The predicted octanol–water partition coefficient (Wildman–Crippen LogP) is 3.80. The van der Waals surface area contributed by atoms with Crippen LogP contribution in [0.5, 0.6) is 0 Å². The minimum atomic E-state index is 0.539. The molecule has 0 spiro atoms. The summed E-state index contributed by atoms with van der Waals surface area (Å²) in [6, 6.07) is 5.55. The van der Waals surface area contributed by atoms with Gasteiger partial charge in [-0.25, -0.2) is 4.68 Å². The Morgan fingerprint density at radius 2 is 2.11 bits per heavy atom. The van der Waals surface area contributed by atoms with Crippen molar-refractivity contribution in [2.45, 2.75) is 18.5 Å². The van der Waals surface area contributed by atoms with Crippen LogP contribution < -0.4 is 5.43 Å². The number of rotatable bonds is 2. The molecule has 2 heterocycles. The van der Waals surface area contributed by atoms with Gasteiger partial charge in [0.2, 0.25) is 5.16 Å². The largest absolute Gasteiger partial charge is 0.290 e. The number of hydrogen-bond acceptors (Lipinski definition) is 4. The number of benzene rings is 1. The second-order valence-corrected chi connectivity index (χ2v) is 5.63. The zero-order valence-corrected chi connectivity index (χ0v) is 12.4. The molecule has 19 heavy (non-hydrogen) atoms. The van der Waals surface area contributed by atoms with E-state index in [2.05, 4.69) is 15.6 Å². The summed E-state index contributed by atoms with van der Waals surface area (Å²) in [6.45, 7) is 2.04. The van der Waals surface area contributed by atoms with Crippen LogP contribution in [0.4, 0.5) is 0 Å². The number of nitrogens with one attached hydrogen (secondary N) is 1. The molecule has 1 aliphatic rings. The molecule has 2 aromatic rings. The van der Waals surface area contributed by atoms with E-state index >= 15 is 0 Å². The summed E-state index contributed by atoms with van der Waals surface area (Å²) in [7, 11) is 0. The average molecular weight is 313 g/mol. The normalized spacial score (nSPS) is 13.7. The SMILES string of the molecule is CCc1nnc2n1NC(c1ccc(Cl)c(Cl)c1)=CS2. The van der Waals surface area contributed by atoms with Gasteiger partial charge in [0, 0.05) is 17.4 Å². The smallest absolute Gasteiger partial charge is 0.214 e. The molecule has 0 saturated heterocycles. The molecule has 0 saturated carbocycles. The van der Waals surface area contributed by atoms with Crippen LogP contribution in [-0.2, 0) is 6.42 Å². The van der Waals surface area contributed by atoms with Crippen molar-refractivity contribution in [2.75, 3.05) is 5.43 Å². The Morgan fingerprint density at radius 1 is 1.26 bits per heavy atom. The van der Waals surface area contributed by atoms with Crippen molar-refractivity contribution >= 4 is 40.7 Å². The van der Waals surface area contributed by atoms with Gasteiger partial charge in [-0.1, -0.05) is 48.0 Å². The number of halogens is 2. The van der Waals surface area contributed by atoms with Gasteiger partial charge in [-0.15, -0.1) is 10.2 Å². The molecule has 0 atom stereocenters. The topological polar surface area (TPSA) is 42.7 Å². The Bertz CT molecular complexity index is 666. The van der Waals surface area contributed by atoms with Crippen molar-refractivity contribution in [2.24, 2.45) is 0 Å². The summed E-state index contributed by atoms with van der Waals surface area (Å²) in [4.78, 5) is 0. The molecule has 98 valence electrons. The van der Waals surface area contributed by atoms with Gasteiger partial charge in [0.1, 0.15) is 0 Å². The van der Waals surface area contributed by atoms with Crippen LogP contribution in [0.25, 0.3) is 5.70 Å². The third-order valence-corrected chi connectivity index (χ3v) is 4.33. The van der Waals surface area contributed by atoms with Crippen LogP contribution in [0.3, 0.4) is 0 Å². The maximum atomic E-state index is 6.05. The van der Waals surface area contributed by atoms with Gasteiger partial charge in [-0.3, -0.25) is 5.43 Å². The van der Waals surface area contributed by atoms with Gasteiger partial charge < -0.3 is 0 Å². The number of thioether (sulfide) groups is 1. The number of fused-ring (bicyclic) bond motifs is 1. The van der Waals surface area contributed by atoms with Crippen molar-refractivity contribution in [3.8, 4) is 0 Å². The molecular formula is C12H10Cl2N4S. The van der Waals surface area contributed by atoms with E-state index in [-0.39, 0.29) is 0 Å². The summed E-state index contributed by atoms with van der Waals surface area (Å²) in [5, 5.41) is 12.1. The first kappa shape index (κ1) is 12.8. The summed E-state index contributed by atoms with van der Waals surface area (Å²) in [5.74, 6) is 0.896. The minimum Gasteiger partial charge on any atom is -0.290 e. The lowest BCUT2D eigenvalue weighted by Gasteiger charge is -2.19. The molecule has 0 unspecified atom stereocenters. The third-order valence-electron chi connectivity index (χ3n) is 2.76. The summed E-state index contributed by atoms with van der Waals surface area (Å²) in [5.41, 5.74) is 5.21. The monoisotopic (exact) mass is 312 g/mol. The van der Waals surface area contributed by atoms with Gasteiger partial charge in [0.25, 0.3) is 0 Å². The first-order chi connectivity index (χ1) is 9.19. The quantitative estimate of drug-likeness (QED) is 0.916. The van der Waals surface area contributed by atoms with Gasteiger partial charge in [0.15, 0.2) is 5.82 Å². The number of nitrogens with zero attached hydrogens (tertiary/aromatic N) is 3. The van der Waals surface area contributed by atoms with E-state index in [0.29, 0.717) is 10.0 Å². The molecular weight excluding hydrogens is 303 g/mol. The van der Waals surface area contributed by atoms with Crippen LogP contribution in [-0.4, -0.2) is 14.9 Å². The Labute approximate surface area is 124 Å². The van der Waals surface area contributed by atoms with E-state index in [1.807, 2.05) is 29.1 Å². The summed E-state index contributed by atoms with van der Waals surface area (Å²) < 4.78 is 1.89. The van der Waals surface area contributed by atoms with Crippen LogP contribution in [0.2, 0.25) is 10.0 Å². The van der Waals surface area contributed by atoms with Gasteiger partial charge >= 0.3 is 0 Å². The highest BCUT2D eigenvalue weighted by Gasteiger charge is 2.17. The molecule has 3 rings (SSSR count). The van der Waals surface area contributed by atoms with Crippen LogP contribution in [0, 0.1) is 0 Å². The molecule has 1 aromatic heterocycles. The third kappa shape index (κ3) is 2.33. The molecule has 0 amide bonds. The van der Waals surface area contributed by atoms with Crippen molar-refractivity contribution < 1.29 is 0 Å². The Balaban J connectivity index is 1.95. The predicted molar refractivity (Wildman–Crippen MR) is 79.1 cm³/mol. The maximum Gasteiger partial charge on any atom is 0.214 e. The number of aryl methyl sites for hydroxylation is 1. The van der Waals surface area contributed by atoms with Crippen LogP contribution in [0.15, 0.2) is 28.8 Å². The molecule has 4 nitrogen and oxygen atoms in total. The van der Waals surface area contributed by atoms with Crippen LogP contribution >= 0.6 is 35.0 Å². The lowest BCUT2D eigenvalue weighted by molar-refractivity contribution is 0.773. The molecule has 1 aromatic carbocycles. The highest BCUT2D eigenvalue weighted by molar-refractivity contribution is 8.02. The lowest BCUT2D eigenvalue weighted by atomic mass is 10.2. The van der Waals surface area contributed by atoms with E-state index in [4.69, 9.17) is 23.2 Å². The van der Waals surface area contributed by atoms with E-state index in [1.165, 1.54) is 11.8 Å². The fraction of sp³-hybridized carbons (Fsp3) is 0.167. The fourth-order valence-corrected chi connectivity index (χ4v) is 2.83. The second kappa shape index (κ2) is 5.07. The van der Waals surface area contributed by atoms with Gasteiger partial charge in [-0.2, -0.15) is 0 Å². The van der Waals surface area contributed by atoms with Gasteiger partial charge in [0.05, 0.1) is 15.7 Å². The Morgan fingerprint density at radius 3 is 2.84 bits per heavy atom. The van der Waals surface area contributed by atoms with E-state index < -0.39 is 0 Å². The molecule has 0 radical (unpaired) electrons. The Hall–Kier alpha value is -1.17. The lowest BCUT2D eigenvalue weighted by Crippen LogP contribution is -2.19. The van der Waals surface area contributed by atoms with Crippen molar-refractivity contribution in [1.82, 2.24) is 14.9 Å². The molecule has 0 aliphatic carbocycles. The standard InChI is InChI=1S/C12H10Cl2N4S/c1-2-11-15-16-12-18(11)17-10(6-19-12)7-3-4-8(13)9(14)5-7/h3-6,17H,2H2,1H3. The van der Waals surface area contributed by atoms with E-state index in [1.54, 1.807) is 6.07 Å². The second-order valence-electron chi connectivity index (χ2n) is 3.98. The van der Waals surface area contributed by atoms with Crippen molar-refractivity contribution in [3.63, 3.8) is 0 Å². The first-order valence-corrected chi connectivity index (χ1v) is 7.36. The van der Waals surface area contributed by atoms with Crippen LogP contribution in [0.1, 0.15) is 18.3 Å². The molecule has 1 N–H and O–H groups in total. The average Bonchev–Trinajstić information content (AvgIpc) is 2.84. The first-order valence-electron chi connectivity index (χ1n) is 5.72. The molecule has 0 fully saturated rings. The summed E-state index contributed by atoms with van der Waals surface area (Å²) >= 11 is 13.5. The minimum absolute atomic E-state index is 0.539. The zero-order valence-electron chi connectivity index (χ0n) is 10.0. The maximum absolute atomic E-state index is 6.05. The number of aromatic nitrogens is 3. The van der Waals surface area contributed by atoms with Crippen molar-refractivity contribution in [1.29, 1.82) is 0 Å². The molecule has 0 bridgehead atoms. The molecule has 7 heteroatoms. The fourth-order valence-electron chi connectivity index (χ4n) is 1.77. The molecule has 1 aliphatic heterocycles. The van der Waals surface area contributed by atoms with E-state index in [0.717, 1.165) is 28.7 Å². The van der Waals surface area contributed by atoms with E-state index in [9.17, 15) is 0 Å². The highest BCUT2D eigenvalue weighted by atomic mass is 35.5. The highest BCUT2D eigenvalue weighted by Crippen LogP contribution is 2.31. The summed E-state index contributed by atoms with van der Waals surface area (Å²) in [6.07, 6.45) is 0.815. The van der Waals surface area contributed by atoms with Crippen molar-refractivity contribution in [3.05, 3.63) is 45.0 Å². The van der Waals surface area contributed by atoms with Gasteiger partial charge in [-0.05, 0) is 12.1 Å².